The second kappa shape index (κ2) is 6.46. The molecule has 0 aliphatic carbocycles. The number of aromatic nitrogens is 2. The average Bonchev–Trinajstić information content (AvgIpc) is 2.39. The molecular formula is C16H20IN2-. The van der Waals surface area contributed by atoms with Crippen molar-refractivity contribution in [1.29, 1.82) is 0 Å². The summed E-state index contributed by atoms with van der Waals surface area (Å²) in [6.45, 7) is 8.74. The molecule has 0 aromatic carbocycles. The fourth-order valence-corrected chi connectivity index (χ4v) is 3.95. The van der Waals surface area contributed by atoms with Crippen LogP contribution >= 0.6 is 0 Å². The standard InChI is InChI=1S/C16H20IN2/c1-11(2)14-6-5-7-16(19-14)17-13-8-9-18-15(10-13)12(3)4/h5-12H,1-4H3/q-1. The Balaban J connectivity index is 2.21. The van der Waals surface area contributed by atoms with E-state index in [-0.39, 0.29) is 21.2 Å². The molecule has 0 saturated heterocycles. The van der Waals surface area contributed by atoms with Gasteiger partial charge < -0.3 is 0 Å². The van der Waals surface area contributed by atoms with Gasteiger partial charge in [0.25, 0.3) is 0 Å². The Morgan fingerprint density at radius 2 is 1.68 bits per heavy atom. The Labute approximate surface area is 126 Å². The second-order valence-electron chi connectivity index (χ2n) is 5.19. The summed E-state index contributed by atoms with van der Waals surface area (Å²) in [5.74, 6) is 0.978. The molecule has 0 atom stereocenters. The second-order valence-corrected chi connectivity index (χ2v) is 8.08. The molecule has 2 heterocycles. The third-order valence-corrected chi connectivity index (χ3v) is 5.32. The first-order valence-corrected chi connectivity index (χ1v) is 8.79. The fraction of sp³-hybridized carbons (Fsp3) is 0.375. The summed E-state index contributed by atoms with van der Waals surface area (Å²) < 4.78 is 2.64. The van der Waals surface area contributed by atoms with Crippen LogP contribution in [0.2, 0.25) is 0 Å². The van der Waals surface area contributed by atoms with Crippen LogP contribution in [-0.4, -0.2) is 9.97 Å². The van der Waals surface area contributed by atoms with E-state index in [2.05, 4.69) is 63.0 Å². The normalized spacial score (nSPS) is 11.5. The Hall–Kier alpha value is -0.970. The van der Waals surface area contributed by atoms with E-state index >= 15 is 0 Å². The molecular weight excluding hydrogens is 347 g/mol. The Kier molecular flexibility index (Phi) is 4.91. The molecule has 0 amide bonds. The van der Waals surface area contributed by atoms with Crippen molar-refractivity contribution < 1.29 is 21.2 Å². The summed E-state index contributed by atoms with van der Waals surface area (Å²) in [6, 6.07) is 10.8. The van der Waals surface area contributed by atoms with Crippen LogP contribution in [0.25, 0.3) is 0 Å². The molecule has 2 nitrogen and oxygen atoms in total. The summed E-state index contributed by atoms with van der Waals surface area (Å²) >= 11 is -0.207. The van der Waals surface area contributed by atoms with E-state index in [4.69, 9.17) is 4.98 Å². The van der Waals surface area contributed by atoms with Gasteiger partial charge in [-0.05, 0) is 0 Å². The van der Waals surface area contributed by atoms with Crippen LogP contribution < -0.4 is 21.2 Å². The van der Waals surface area contributed by atoms with Gasteiger partial charge in [-0.15, -0.1) is 0 Å². The van der Waals surface area contributed by atoms with Gasteiger partial charge in [0.1, 0.15) is 0 Å². The molecule has 0 radical (unpaired) electrons. The summed E-state index contributed by atoms with van der Waals surface area (Å²) in [6.07, 6.45) is 1.93. The van der Waals surface area contributed by atoms with Gasteiger partial charge in [0.15, 0.2) is 0 Å². The molecule has 0 bridgehead atoms. The first-order chi connectivity index (χ1) is 9.06. The molecule has 0 saturated carbocycles. The van der Waals surface area contributed by atoms with Gasteiger partial charge in [0.05, 0.1) is 0 Å². The van der Waals surface area contributed by atoms with Crippen LogP contribution in [0.1, 0.15) is 50.9 Å². The quantitative estimate of drug-likeness (QED) is 0.592. The van der Waals surface area contributed by atoms with E-state index in [0.29, 0.717) is 11.8 Å². The van der Waals surface area contributed by atoms with Crippen molar-refractivity contribution >= 4 is 0 Å². The zero-order valence-electron chi connectivity index (χ0n) is 11.9. The van der Waals surface area contributed by atoms with E-state index in [1.165, 1.54) is 18.7 Å². The Bertz CT molecular complexity index is 500. The molecule has 0 N–H and O–H groups in total. The zero-order chi connectivity index (χ0) is 13.8. The Morgan fingerprint density at radius 3 is 2.37 bits per heavy atom. The molecule has 2 rings (SSSR count). The molecule has 102 valence electrons. The number of hydrogen-bond donors (Lipinski definition) is 0. The van der Waals surface area contributed by atoms with Crippen LogP contribution in [0.3, 0.4) is 0 Å². The van der Waals surface area contributed by atoms with E-state index < -0.39 is 0 Å². The maximum atomic E-state index is 4.77. The van der Waals surface area contributed by atoms with Gasteiger partial charge in [-0.1, -0.05) is 0 Å². The summed E-state index contributed by atoms with van der Waals surface area (Å²) in [7, 11) is 0. The van der Waals surface area contributed by atoms with Crippen LogP contribution in [-0.2, 0) is 0 Å². The number of pyridine rings is 2. The van der Waals surface area contributed by atoms with E-state index in [1.54, 1.807) is 0 Å². The fourth-order valence-electron chi connectivity index (χ4n) is 1.71. The van der Waals surface area contributed by atoms with Crippen LogP contribution in [0, 0.1) is 7.27 Å². The molecule has 3 heteroatoms. The average molecular weight is 367 g/mol. The summed E-state index contributed by atoms with van der Waals surface area (Å²) in [5.41, 5.74) is 2.37. The van der Waals surface area contributed by atoms with Gasteiger partial charge in [-0.25, -0.2) is 0 Å². The third-order valence-electron chi connectivity index (χ3n) is 2.87. The van der Waals surface area contributed by atoms with Gasteiger partial charge >= 0.3 is 126 Å². The van der Waals surface area contributed by atoms with Crippen LogP contribution in [0.4, 0.5) is 0 Å². The molecule has 2 aromatic rings. The molecule has 0 spiro atoms. The monoisotopic (exact) mass is 367 g/mol. The molecule has 2 aromatic heterocycles. The number of nitrogens with zero attached hydrogens (tertiary/aromatic N) is 2. The van der Waals surface area contributed by atoms with Gasteiger partial charge in [-0.3, -0.25) is 0 Å². The number of halogens is 1. The van der Waals surface area contributed by atoms with Crippen molar-refractivity contribution in [3.8, 4) is 0 Å². The third kappa shape index (κ3) is 4.00. The minimum atomic E-state index is -0.207. The molecule has 0 unspecified atom stereocenters. The van der Waals surface area contributed by atoms with Crippen molar-refractivity contribution in [2.75, 3.05) is 0 Å². The van der Waals surface area contributed by atoms with Crippen molar-refractivity contribution in [3.05, 3.63) is 55.2 Å². The number of hydrogen-bond acceptors (Lipinski definition) is 2. The molecule has 0 aliphatic heterocycles. The predicted molar refractivity (Wildman–Crippen MR) is 74.0 cm³/mol. The topological polar surface area (TPSA) is 25.8 Å². The minimum absolute atomic E-state index is 0.207. The van der Waals surface area contributed by atoms with Crippen molar-refractivity contribution in [3.63, 3.8) is 0 Å². The first-order valence-electron chi connectivity index (χ1n) is 6.64. The van der Waals surface area contributed by atoms with Crippen molar-refractivity contribution in [1.82, 2.24) is 9.97 Å². The predicted octanol–water partition coefficient (Wildman–Crippen LogP) is 0.852. The van der Waals surface area contributed by atoms with E-state index in [9.17, 15) is 0 Å². The number of rotatable bonds is 4. The van der Waals surface area contributed by atoms with Crippen LogP contribution in [0.15, 0.2) is 36.5 Å². The van der Waals surface area contributed by atoms with Gasteiger partial charge in [0.2, 0.25) is 0 Å². The van der Waals surface area contributed by atoms with Crippen molar-refractivity contribution in [2.24, 2.45) is 0 Å². The molecule has 0 aliphatic rings. The van der Waals surface area contributed by atoms with Gasteiger partial charge in [0, 0.05) is 0 Å². The Morgan fingerprint density at radius 1 is 0.947 bits per heavy atom. The molecule has 0 fully saturated rings. The molecule has 19 heavy (non-hydrogen) atoms. The van der Waals surface area contributed by atoms with E-state index in [0.717, 1.165) is 0 Å². The van der Waals surface area contributed by atoms with Gasteiger partial charge in [-0.2, -0.15) is 0 Å². The zero-order valence-corrected chi connectivity index (χ0v) is 14.0. The summed E-state index contributed by atoms with van der Waals surface area (Å²) in [5, 5.41) is 0. The van der Waals surface area contributed by atoms with E-state index in [1.807, 2.05) is 6.20 Å². The van der Waals surface area contributed by atoms with Crippen molar-refractivity contribution in [2.45, 2.75) is 39.5 Å². The first kappa shape index (κ1) is 14.4. The SMILES string of the molecule is CC(C)c1cc([I-]c2cccc(C(C)C)n2)ccn1. The van der Waals surface area contributed by atoms with Crippen LogP contribution in [0.5, 0.6) is 0 Å². The maximum absolute atomic E-state index is 4.77. The summed E-state index contributed by atoms with van der Waals surface area (Å²) in [4.78, 5) is 9.19.